The molecule has 0 amide bonds. The lowest BCUT2D eigenvalue weighted by molar-refractivity contribution is -0.110. The molecule has 0 bridgehead atoms. The van der Waals surface area contributed by atoms with E-state index in [4.69, 9.17) is 0 Å². The monoisotopic (exact) mass is 249 g/mol. The van der Waals surface area contributed by atoms with Crippen molar-refractivity contribution in [2.75, 3.05) is 11.5 Å². The molecule has 1 saturated heterocycles. The molecule has 2 rings (SSSR count). The van der Waals surface area contributed by atoms with Crippen molar-refractivity contribution in [1.82, 2.24) is 4.98 Å². The molecule has 0 atom stereocenters. The van der Waals surface area contributed by atoms with Gasteiger partial charge in [0.25, 0.3) is 0 Å². The maximum Gasteiger partial charge on any atom is 0.180 e. The Kier molecular flexibility index (Phi) is 4.25. The van der Waals surface area contributed by atoms with Crippen LogP contribution in [0.5, 0.6) is 0 Å². The van der Waals surface area contributed by atoms with Crippen LogP contribution in [0.2, 0.25) is 0 Å². The van der Waals surface area contributed by atoms with Crippen LogP contribution in [0.4, 0.5) is 0 Å². The molecular formula is C12H11NOS2. The predicted molar refractivity (Wildman–Crippen MR) is 71.3 cm³/mol. The molecule has 0 aromatic carbocycles. The van der Waals surface area contributed by atoms with E-state index in [1.54, 1.807) is 47.9 Å². The van der Waals surface area contributed by atoms with Crippen LogP contribution in [-0.4, -0.2) is 22.3 Å². The van der Waals surface area contributed by atoms with E-state index in [2.05, 4.69) is 4.98 Å². The average molecular weight is 249 g/mol. The summed E-state index contributed by atoms with van der Waals surface area (Å²) >= 11 is 3.49. The molecule has 2 nitrogen and oxygen atoms in total. The third-order valence-corrected chi connectivity index (χ3v) is 4.52. The highest BCUT2D eigenvalue weighted by Crippen LogP contribution is 2.35. The standard InChI is InChI=1S/C12H11NOS2/c14-11(9-12-15-7-8-16-12)5-4-10-3-1-2-6-13-10/h1-6,9H,7-8H2/b5-4+. The molecule has 4 heteroatoms. The number of rotatable bonds is 3. The van der Waals surface area contributed by atoms with Crippen molar-refractivity contribution in [1.29, 1.82) is 0 Å². The molecule has 0 unspecified atom stereocenters. The molecular weight excluding hydrogens is 238 g/mol. The van der Waals surface area contributed by atoms with Gasteiger partial charge in [0.15, 0.2) is 5.78 Å². The first-order valence-corrected chi connectivity index (χ1v) is 6.92. The van der Waals surface area contributed by atoms with Gasteiger partial charge >= 0.3 is 0 Å². The van der Waals surface area contributed by atoms with Crippen LogP contribution >= 0.6 is 23.5 Å². The van der Waals surface area contributed by atoms with Crippen LogP contribution < -0.4 is 0 Å². The molecule has 1 aromatic heterocycles. The van der Waals surface area contributed by atoms with E-state index in [1.165, 1.54) is 0 Å². The fraction of sp³-hybridized carbons (Fsp3) is 0.167. The number of allylic oxidation sites excluding steroid dienone is 2. The summed E-state index contributed by atoms with van der Waals surface area (Å²) < 4.78 is 1.12. The summed E-state index contributed by atoms with van der Waals surface area (Å²) in [5.41, 5.74) is 0.806. The van der Waals surface area contributed by atoms with Gasteiger partial charge in [0.1, 0.15) is 0 Å². The minimum Gasteiger partial charge on any atom is -0.290 e. The van der Waals surface area contributed by atoms with Gasteiger partial charge < -0.3 is 0 Å². The third kappa shape index (κ3) is 3.54. The Hall–Kier alpha value is -1.00. The Morgan fingerprint density at radius 2 is 2.12 bits per heavy atom. The second kappa shape index (κ2) is 5.92. The lowest BCUT2D eigenvalue weighted by Gasteiger charge is -1.91. The van der Waals surface area contributed by atoms with E-state index < -0.39 is 0 Å². The van der Waals surface area contributed by atoms with Gasteiger partial charge in [-0.1, -0.05) is 6.07 Å². The van der Waals surface area contributed by atoms with Crippen LogP contribution in [0.15, 0.2) is 40.8 Å². The molecule has 0 N–H and O–H groups in total. The van der Waals surface area contributed by atoms with E-state index in [-0.39, 0.29) is 5.78 Å². The Labute approximate surface area is 103 Å². The first kappa shape index (κ1) is 11.5. The number of carbonyl (C=O) groups is 1. The molecule has 2 heterocycles. The van der Waals surface area contributed by atoms with Crippen molar-refractivity contribution in [3.8, 4) is 0 Å². The quantitative estimate of drug-likeness (QED) is 0.770. The second-order valence-electron chi connectivity index (χ2n) is 3.15. The van der Waals surface area contributed by atoms with Crippen molar-refractivity contribution < 1.29 is 4.79 Å². The van der Waals surface area contributed by atoms with Crippen molar-refractivity contribution in [2.24, 2.45) is 0 Å². The van der Waals surface area contributed by atoms with Crippen LogP contribution in [0.25, 0.3) is 6.08 Å². The van der Waals surface area contributed by atoms with Gasteiger partial charge in [0.05, 0.1) is 5.69 Å². The SMILES string of the molecule is O=C(C=C1SCCS1)/C=C/c1ccccn1. The zero-order valence-corrected chi connectivity index (χ0v) is 10.3. The van der Waals surface area contributed by atoms with E-state index in [9.17, 15) is 4.79 Å². The number of pyridine rings is 1. The number of aromatic nitrogens is 1. The van der Waals surface area contributed by atoms with Crippen molar-refractivity contribution in [3.63, 3.8) is 0 Å². The highest BCUT2D eigenvalue weighted by molar-refractivity contribution is 8.25. The fourth-order valence-electron chi connectivity index (χ4n) is 1.22. The summed E-state index contributed by atoms with van der Waals surface area (Å²) in [6.07, 6.45) is 6.71. The molecule has 0 radical (unpaired) electrons. The van der Waals surface area contributed by atoms with Crippen molar-refractivity contribution in [2.45, 2.75) is 0 Å². The number of thioether (sulfide) groups is 2. The molecule has 1 aliphatic heterocycles. The molecule has 0 spiro atoms. The van der Waals surface area contributed by atoms with Crippen LogP contribution in [0.1, 0.15) is 5.69 Å². The van der Waals surface area contributed by atoms with Crippen molar-refractivity contribution in [3.05, 3.63) is 46.5 Å². The lowest BCUT2D eigenvalue weighted by atomic mass is 10.3. The Bertz CT molecular complexity index is 418. The third-order valence-electron chi connectivity index (χ3n) is 1.94. The Balaban J connectivity index is 1.97. The summed E-state index contributed by atoms with van der Waals surface area (Å²) in [6, 6.07) is 5.63. The summed E-state index contributed by atoms with van der Waals surface area (Å²) in [5.74, 6) is 2.24. The highest BCUT2D eigenvalue weighted by Gasteiger charge is 2.08. The predicted octanol–water partition coefficient (Wildman–Crippen LogP) is 2.99. The molecule has 1 aromatic rings. The van der Waals surface area contributed by atoms with Crippen LogP contribution in [0, 0.1) is 0 Å². The number of ketones is 1. The van der Waals surface area contributed by atoms with E-state index >= 15 is 0 Å². The smallest absolute Gasteiger partial charge is 0.180 e. The molecule has 1 fully saturated rings. The van der Waals surface area contributed by atoms with Crippen molar-refractivity contribution >= 4 is 35.4 Å². The van der Waals surface area contributed by atoms with Gasteiger partial charge in [-0.25, -0.2) is 0 Å². The topological polar surface area (TPSA) is 30.0 Å². The van der Waals surface area contributed by atoms with Gasteiger partial charge in [0.2, 0.25) is 0 Å². The van der Waals surface area contributed by atoms with Gasteiger partial charge in [-0.2, -0.15) is 0 Å². The number of carbonyl (C=O) groups excluding carboxylic acids is 1. The largest absolute Gasteiger partial charge is 0.290 e. The summed E-state index contributed by atoms with van der Waals surface area (Å²) in [7, 11) is 0. The summed E-state index contributed by atoms with van der Waals surface area (Å²) in [4.78, 5) is 15.7. The molecule has 0 saturated carbocycles. The first-order valence-electron chi connectivity index (χ1n) is 4.95. The Morgan fingerprint density at radius 3 is 2.81 bits per heavy atom. The highest BCUT2D eigenvalue weighted by atomic mass is 32.2. The molecule has 82 valence electrons. The number of nitrogens with zero attached hydrogens (tertiary/aromatic N) is 1. The minimum atomic E-state index is 0.0301. The fourth-order valence-corrected chi connectivity index (χ4v) is 3.52. The zero-order valence-electron chi connectivity index (χ0n) is 8.63. The minimum absolute atomic E-state index is 0.0301. The maximum absolute atomic E-state index is 11.6. The van der Waals surface area contributed by atoms with Crippen LogP contribution in [-0.2, 0) is 4.79 Å². The van der Waals surface area contributed by atoms with Gasteiger partial charge in [-0.15, -0.1) is 23.5 Å². The van der Waals surface area contributed by atoms with Crippen LogP contribution in [0.3, 0.4) is 0 Å². The lowest BCUT2D eigenvalue weighted by Crippen LogP contribution is -1.86. The maximum atomic E-state index is 11.6. The summed E-state index contributed by atoms with van der Waals surface area (Å²) in [6.45, 7) is 0. The zero-order chi connectivity index (χ0) is 11.2. The number of hydrogen-bond acceptors (Lipinski definition) is 4. The normalized spacial score (nSPS) is 15.6. The summed E-state index contributed by atoms with van der Waals surface area (Å²) in [5, 5.41) is 0. The van der Waals surface area contributed by atoms with E-state index in [0.29, 0.717) is 0 Å². The number of hydrogen-bond donors (Lipinski definition) is 0. The van der Waals surface area contributed by atoms with Gasteiger partial charge in [-0.3, -0.25) is 9.78 Å². The van der Waals surface area contributed by atoms with Gasteiger partial charge in [0, 0.05) is 28.0 Å². The molecule has 16 heavy (non-hydrogen) atoms. The molecule has 1 aliphatic rings. The molecule has 0 aliphatic carbocycles. The average Bonchev–Trinajstić information content (AvgIpc) is 2.81. The van der Waals surface area contributed by atoms with E-state index in [1.807, 2.05) is 18.2 Å². The van der Waals surface area contributed by atoms with E-state index in [0.717, 1.165) is 21.4 Å². The first-order chi connectivity index (χ1) is 7.84. The van der Waals surface area contributed by atoms with Gasteiger partial charge in [-0.05, 0) is 24.3 Å². The second-order valence-corrected chi connectivity index (χ2v) is 5.68. The Morgan fingerprint density at radius 1 is 1.31 bits per heavy atom.